The molecule has 2 heteroatoms. The lowest BCUT2D eigenvalue weighted by Gasteiger charge is -2.10. The van der Waals surface area contributed by atoms with Gasteiger partial charge in [-0.3, -0.25) is 4.79 Å². The quantitative estimate of drug-likeness (QED) is 0.601. The van der Waals surface area contributed by atoms with E-state index >= 15 is 0 Å². The Morgan fingerprint density at radius 1 is 1.18 bits per heavy atom. The van der Waals surface area contributed by atoms with Crippen LogP contribution in [0.25, 0.3) is 10.8 Å². The molecule has 0 aliphatic heterocycles. The molecular weight excluding hydrogens is 276 g/mol. The second kappa shape index (κ2) is 5.01. The predicted octanol–water partition coefficient (Wildman–Crippen LogP) is 4.50. The van der Waals surface area contributed by atoms with Crippen molar-refractivity contribution in [2.24, 2.45) is 0 Å². The van der Waals surface area contributed by atoms with E-state index in [1.165, 1.54) is 5.56 Å². The summed E-state index contributed by atoms with van der Waals surface area (Å²) in [5.74, 6) is 0.170. The standard InChI is InChI=1S/C15H15BrO/c1-3-14(16)15(17)13-9-8-10(2)11-6-4-5-7-12(11)13/h4-9,14H,3H2,1-2H3. The number of carbonyl (C=O) groups is 1. The van der Waals surface area contributed by atoms with E-state index in [2.05, 4.69) is 28.9 Å². The molecule has 0 bridgehead atoms. The maximum atomic E-state index is 12.3. The summed E-state index contributed by atoms with van der Waals surface area (Å²) in [5, 5.41) is 2.21. The van der Waals surface area contributed by atoms with E-state index in [0.29, 0.717) is 0 Å². The van der Waals surface area contributed by atoms with Crippen LogP contribution in [0, 0.1) is 6.92 Å². The molecule has 17 heavy (non-hydrogen) atoms. The van der Waals surface area contributed by atoms with Gasteiger partial charge in [0, 0.05) is 5.56 Å². The Morgan fingerprint density at radius 3 is 2.47 bits per heavy atom. The summed E-state index contributed by atoms with van der Waals surface area (Å²) in [4.78, 5) is 12.2. The van der Waals surface area contributed by atoms with Crippen LogP contribution >= 0.6 is 15.9 Å². The third-order valence-corrected chi connectivity index (χ3v) is 4.11. The van der Waals surface area contributed by atoms with Crippen LogP contribution in [0.2, 0.25) is 0 Å². The molecule has 2 aromatic carbocycles. The SMILES string of the molecule is CCC(Br)C(=O)c1ccc(C)c2ccccc12. The number of benzene rings is 2. The van der Waals surface area contributed by atoms with E-state index in [4.69, 9.17) is 0 Å². The van der Waals surface area contributed by atoms with E-state index in [0.717, 1.165) is 22.8 Å². The summed E-state index contributed by atoms with van der Waals surface area (Å²) in [6.45, 7) is 4.08. The van der Waals surface area contributed by atoms with Crippen molar-refractivity contribution in [3.63, 3.8) is 0 Å². The summed E-state index contributed by atoms with van der Waals surface area (Å²) in [6, 6.07) is 12.0. The highest BCUT2D eigenvalue weighted by molar-refractivity contribution is 9.10. The van der Waals surface area contributed by atoms with Gasteiger partial charge < -0.3 is 0 Å². The van der Waals surface area contributed by atoms with Gasteiger partial charge in [0.25, 0.3) is 0 Å². The van der Waals surface area contributed by atoms with Crippen LogP contribution in [0.1, 0.15) is 29.3 Å². The summed E-state index contributed by atoms with van der Waals surface area (Å²) in [6.07, 6.45) is 0.807. The van der Waals surface area contributed by atoms with Crippen molar-refractivity contribution < 1.29 is 4.79 Å². The minimum atomic E-state index is -0.0892. The average molecular weight is 291 g/mol. The summed E-state index contributed by atoms with van der Waals surface area (Å²) in [5.41, 5.74) is 2.02. The highest BCUT2D eigenvalue weighted by Gasteiger charge is 2.17. The van der Waals surface area contributed by atoms with Crippen LogP contribution in [0.3, 0.4) is 0 Å². The molecule has 0 aromatic heterocycles. The zero-order chi connectivity index (χ0) is 12.4. The number of Topliss-reactive ketones (excluding diaryl/α,β-unsaturated/α-hetero) is 1. The molecule has 0 aliphatic carbocycles. The van der Waals surface area contributed by atoms with Gasteiger partial charge in [0.05, 0.1) is 4.83 Å². The van der Waals surface area contributed by atoms with Crippen LogP contribution in [-0.4, -0.2) is 10.6 Å². The van der Waals surface area contributed by atoms with Gasteiger partial charge >= 0.3 is 0 Å². The minimum absolute atomic E-state index is 0.0892. The van der Waals surface area contributed by atoms with Gasteiger partial charge in [-0.1, -0.05) is 59.3 Å². The normalized spacial score (nSPS) is 12.6. The lowest BCUT2D eigenvalue weighted by molar-refractivity contribution is 0.0992. The van der Waals surface area contributed by atoms with Crippen molar-refractivity contribution in [2.45, 2.75) is 25.1 Å². The highest BCUT2D eigenvalue weighted by Crippen LogP contribution is 2.25. The van der Waals surface area contributed by atoms with Crippen LogP contribution in [-0.2, 0) is 0 Å². The Balaban J connectivity index is 2.63. The maximum Gasteiger partial charge on any atom is 0.177 e. The number of alkyl halides is 1. The van der Waals surface area contributed by atoms with Crippen LogP contribution in [0.15, 0.2) is 36.4 Å². The Hall–Kier alpha value is -1.15. The Morgan fingerprint density at radius 2 is 1.82 bits per heavy atom. The molecule has 0 radical (unpaired) electrons. The molecule has 1 unspecified atom stereocenters. The molecule has 2 aromatic rings. The second-order valence-corrected chi connectivity index (χ2v) is 5.32. The first-order valence-corrected chi connectivity index (χ1v) is 6.73. The fourth-order valence-electron chi connectivity index (χ4n) is 2.02. The van der Waals surface area contributed by atoms with E-state index in [1.807, 2.05) is 37.3 Å². The van der Waals surface area contributed by atoms with Crippen LogP contribution < -0.4 is 0 Å². The van der Waals surface area contributed by atoms with Crippen molar-refractivity contribution in [3.05, 3.63) is 47.5 Å². The fraction of sp³-hybridized carbons (Fsp3) is 0.267. The second-order valence-electron chi connectivity index (χ2n) is 4.22. The van der Waals surface area contributed by atoms with Gasteiger partial charge in [-0.2, -0.15) is 0 Å². The Labute approximate surface area is 110 Å². The highest BCUT2D eigenvalue weighted by atomic mass is 79.9. The van der Waals surface area contributed by atoms with Crippen LogP contribution in [0.4, 0.5) is 0 Å². The van der Waals surface area contributed by atoms with Gasteiger partial charge in [-0.15, -0.1) is 0 Å². The predicted molar refractivity (Wildman–Crippen MR) is 76.0 cm³/mol. The molecule has 0 amide bonds. The molecule has 0 fully saturated rings. The van der Waals surface area contributed by atoms with Crippen LogP contribution in [0.5, 0.6) is 0 Å². The molecular formula is C15H15BrO. The molecule has 2 rings (SSSR count). The molecule has 0 spiro atoms. The number of carbonyl (C=O) groups excluding carboxylic acids is 1. The number of hydrogen-bond acceptors (Lipinski definition) is 1. The molecule has 0 saturated carbocycles. The van der Waals surface area contributed by atoms with Crippen molar-refractivity contribution in [2.75, 3.05) is 0 Å². The van der Waals surface area contributed by atoms with Gasteiger partial charge in [-0.05, 0) is 29.7 Å². The Bertz CT molecular complexity index is 560. The largest absolute Gasteiger partial charge is 0.293 e. The molecule has 0 aliphatic rings. The van der Waals surface area contributed by atoms with Crippen molar-refractivity contribution in [1.29, 1.82) is 0 Å². The molecule has 1 nitrogen and oxygen atoms in total. The van der Waals surface area contributed by atoms with Gasteiger partial charge in [0.2, 0.25) is 0 Å². The van der Waals surface area contributed by atoms with E-state index in [-0.39, 0.29) is 10.6 Å². The van der Waals surface area contributed by atoms with Crippen molar-refractivity contribution in [1.82, 2.24) is 0 Å². The first kappa shape index (κ1) is 12.3. The van der Waals surface area contributed by atoms with E-state index in [9.17, 15) is 4.79 Å². The van der Waals surface area contributed by atoms with E-state index < -0.39 is 0 Å². The maximum absolute atomic E-state index is 12.3. The molecule has 0 N–H and O–H groups in total. The number of hydrogen-bond donors (Lipinski definition) is 0. The van der Waals surface area contributed by atoms with Crippen molar-refractivity contribution in [3.8, 4) is 0 Å². The monoisotopic (exact) mass is 290 g/mol. The number of halogens is 1. The van der Waals surface area contributed by atoms with Gasteiger partial charge in [0.1, 0.15) is 0 Å². The number of aryl methyl sites for hydroxylation is 1. The first-order chi connectivity index (χ1) is 8.15. The zero-order valence-corrected chi connectivity index (χ0v) is 11.6. The minimum Gasteiger partial charge on any atom is -0.293 e. The fourth-order valence-corrected chi connectivity index (χ4v) is 2.27. The topological polar surface area (TPSA) is 17.1 Å². The number of rotatable bonds is 3. The lowest BCUT2D eigenvalue weighted by atomic mass is 9.96. The third kappa shape index (κ3) is 2.27. The van der Waals surface area contributed by atoms with Crippen molar-refractivity contribution >= 4 is 32.5 Å². The summed E-state index contributed by atoms with van der Waals surface area (Å²) < 4.78 is 0. The lowest BCUT2D eigenvalue weighted by Crippen LogP contribution is -2.13. The number of fused-ring (bicyclic) bond motifs is 1. The molecule has 0 saturated heterocycles. The molecule has 88 valence electrons. The smallest absolute Gasteiger partial charge is 0.177 e. The summed E-state index contributed by atoms with van der Waals surface area (Å²) in [7, 11) is 0. The third-order valence-electron chi connectivity index (χ3n) is 3.05. The summed E-state index contributed by atoms with van der Waals surface area (Å²) >= 11 is 3.43. The average Bonchev–Trinajstić information content (AvgIpc) is 2.38. The first-order valence-electron chi connectivity index (χ1n) is 5.81. The number of ketones is 1. The Kier molecular flexibility index (Phi) is 3.63. The van der Waals surface area contributed by atoms with E-state index in [1.54, 1.807) is 0 Å². The van der Waals surface area contributed by atoms with Gasteiger partial charge in [-0.25, -0.2) is 0 Å². The molecule has 1 atom stereocenters. The zero-order valence-electron chi connectivity index (χ0n) is 10.0. The van der Waals surface area contributed by atoms with Gasteiger partial charge in [0.15, 0.2) is 5.78 Å². The molecule has 0 heterocycles.